The molecule has 0 N–H and O–H groups in total. The average molecular weight is 644 g/mol. The Hall–Kier alpha value is -5.66. The van der Waals surface area contributed by atoms with E-state index in [0.29, 0.717) is 0 Å². The normalized spacial score (nSPS) is 17.9. The van der Waals surface area contributed by atoms with Gasteiger partial charge in [0.15, 0.2) is 0 Å². The monoisotopic (exact) mass is 643 g/mol. The number of rotatable bonds is 8. The van der Waals surface area contributed by atoms with Gasteiger partial charge in [0, 0.05) is 17.1 Å². The maximum atomic E-state index is 2.40. The Morgan fingerprint density at radius 1 is 0.320 bits per heavy atom. The Morgan fingerprint density at radius 3 is 1.00 bits per heavy atom. The van der Waals surface area contributed by atoms with Crippen molar-refractivity contribution >= 4 is 17.1 Å². The second-order valence-corrected chi connectivity index (χ2v) is 14.2. The van der Waals surface area contributed by atoms with Crippen LogP contribution in [0.2, 0.25) is 0 Å². The first-order valence-electron chi connectivity index (χ1n) is 18.2. The molecule has 2 fully saturated rings. The maximum Gasteiger partial charge on any atom is 0.0462 e. The summed E-state index contributed by atoms with van der Waals surface area (Å²) in [6.07, 6.45) is 5.65. The minimum Gasteiger partial charge on any atom is -0.311 e. The van der Waals surface area contributed by atoms with Crippen LogP contribution in [0.1, 0.15) is 37.2 Å². The summed E-state index contributed by atoms with van der Waals surface area (Å²) in [6, 6.07) is 66.5. The largest absolute Gasteiger partial charge is 0.311 e. The van der Waals surface area contributed by atoms with E-state index in [1.807, 2.05) is 0 Å². The van der Waals surface area contributed by atoms with Crippen molar-refractivity contribution in [2.24, 2.45) is 11.8 Å². The Balaban J connectivity index is 1.01. The van der Waals surface area contributed by atoms with E-state index >= 15 is 0 Å². The third-order valence-corrected chi connectivity index (χ3v) is 11.2. The molecular formula is C49H41N. The van der Waals surface area contributed by atoms with Gasteiger partial charge in [-0.1, -0.05) is 152 Å². The van der Waals surface area contributed by atoms with Gasteiger partial charge in [-0.15, -0.1) is 0 Å². The van der Waals surface area contributed by atoms with Gasteiger partial charge in [0.05, 0.1) is 0 Å². The topological polar surface area (TPSA) is 3.24 Å². The summed E-state index contributed by atoms with van der Waals surface area (Å²) in [6.45, 7) is 0. The summed E-state index contributed by atoms with van der Waals surface area (Å²) in [5, 5.41) is 0. The van der Waals surface area contributed by atoms with Crippen LogP contribution in [0.15, 0.2) is 182 Å². The highest BCUT2D eigenvalue weighted by atomic mass is 15.1. The molecule has 2 bridgehead atoms. The van der Waals surface area contributed by atoms with Crippen molar-refractivity contribution < 1.29 is 0 Å². The van der Waals surface area contributed by atoms with Crippen LogP contribution >= 0.6 is 0 Å². The highest BCUT2D eigenvalue weighted by Crippen LogP contribution is 2.53. The molecule has 7 aromatic rings. The fourth-order valence-electron chi connectivity index (χ4n) is 8.55. The first-order chi connectivity index (χ1) is 24.7. The second-order valence-electron chi connectivity index (χ2n) is 14.2. The Kier molecular flexibility index (Phi) is 8.11. The molecule has 0 aromatic heterocycles. The Labute approximate surface area is 296 Å². The van der Waals surface area contributed by atoms with Crippen molar-refractivity contribution in [3.05, 3.63) is 188 Å². The van der Waals surface area contributed by atoms with Gasteiger partial charge in [0.25, 0.3) is 0 Å². The molecular weight excluding hydrogens is 603 g/mol. The minimum atomic E-state index is 0.733. The van der Waals surface area contributed by atoms with Gasteiger partial charge in [0.1, 0.15) is 0 Å². The third-order valence-electron chi connectivity index (χ3n) is 11.2. The molecule has 9 rings (SSSR count). The van der Waals surface area contributed by atoms with Gasteiger partial charge in [-0.25, -0.2) is 0 Å². The fourth-order valence-corrected chi connectivity index (χ4v) is 8.55. The summed E-state index contributed by atoms with van der Waals surface area (Å²) in [5.74, 6) is 2.56. The van der Waals surface area contributed by atoms with Crippen LogP contribution in [0, 0.1) is 11.8 Å². The first-order valence-corrected chi connectivity index (χ1v) is 18.2. The number of nitrogens with zero attached hydrogens (tertiary/aromatic N) is 1. The maximum absolute atomic E-state index is 2.40. The zero-order chi connectivity index (χ0) is 33.3. The average Bonchev–Trinajstić information content (AvgIpc) is 3.85. The molecule has 7 aromatic carbocycles. The van der Waals surface area contributed by atoms with Crippen LogP contribution < -0.4 is 4.90 Å². The summed E-state index contributed by atoms with van der Waals surface area (Å²) in [5.41, 5.74) is 14.9. The van der Waals surface area contributed by atoms with Crippen LogP contribution in [0.3, 0.4) is 0 Å². The Morgan fingerprint density at radius 2 is 0.660 bits per heavy atom. The quantitative estimate of drug-likeness (QED) is 0.159. The van der Waals surface area contributed by atoms with Gasteiger partial charge >= 0.3 is 0 Å². The van der Waals surface area contributed by atoms with E-state index in [0.717, 1.165) is 29.1 Å². The lowest BCUT2D eigenvalue weighted by Gasteiger charge is -2.27. The van der Waals surface area contributed by atoms with Crippen molar-refractivity contribution in [1.29, 1.82) is 0 Å². The van der Waals surface area contributed by atoms with Crippen molar-refractivity contribution in [1.82, 2.24) is 0 Å². The summed E-state index contributed by atoms with van der Waals surface area (Å²) >= 11 is 0. The molecule has 0 heterocycles. The molecule has 2 aliphatic rings. The van der Waals surface area contributed by atoms with Crippen LogP contribution in [-0.4, -0.2) is 0 Å². The van der Waals surface area contributed by atoms with E-state index in [9.17, 15) is 0 Å². The summed E-state index contributed by atoms with van der Waals surface area (Å²) in [4.78, 5) is 2.40. The number of fused-ring (bicyclic) bond motifs is 2. The molecule has 2 aliphatic carbocycles. The minimum absolute atomic E-state index is 0.733. The first kappa shape index (κ1) is 30.4. The molecule has 242 valence electrons. The van der Waals surface area contributed by atoms with Gasteiger partial charge in [0.2, 0.25) is 0 Å². The van der Waals surface area contributed by atoms with Crippen molar-refractivity contribution in [3.8, 4) is 44.5 Å². The molecule has 0 saturated heterocycles. The van der Waals surface area contributed by atoms with Gasteiger partial charge in [-0.3, -0.25) is 0 Å². The van der Waals surface area contributed by atoms with Crippen molar-refractivity contribution in [3.63, 3.8) is 0 Å². The van der Waals surface area contributed by atoms with Crippen LogP contribution in [0.5, 0.6) is 0 Å². The molecule has 50 heavy (non-hydrogen) atoms. The van der Waals surface area contributed by atoms with Gasteiger partial charge in [-0.05, 0) is 123 Å². The van der Waals surface area contributed by atoms with E-state index in [-0.39, 0.29) is 0 Å². The SMILES string of the molecule is c1ccc(-c2ccc(-c3ccc(N(c4ccc(-c5ccc(-c6ccccc6)cc5)cc4)c4ccc(C5CC6CCC5C6)cc4)cc3)cc2)cc1. The van der Waals surface area contributed by atoms with E-state index in [2.05, 4.69) is 187 Å². The Bertz CT molecular complexity index is 2040. The summed E-state index contributed by atoms with van der Waals surface area (Å²) < 4.78 is 0. The van der Waals surface area contributed by atoms with Crippen molar-refractivity contribution in [2.75, 3.05) is 4.90 Å². The lowest BCUT2D eigenvalue weighted by molar-refractivity contribution is 0.420. The smallest absolute Gasteiger partial charge is 0.0462 e. The predicted molar refractivity (Wildman–Crippen MR) is 211 cm³/mol. The fraction of sp³-hybridized carbons (Fsp3) is 0.143. The molecule has 3 unspecified atom stereocenters. The van der Waals surface area contributed by atoms with Crippen molar-refractivity contribution in [2.45, 2.75) is 31.6 Å². The number of hydrogen-bond donors (Lipinski definition) is 0. The zero-order valence-electron chi connectivity index (χ0n) is 28.3. The highest BCUT2D eigenvalue weighted by Gasteiger charge is 2.40. The van der Waals surface area contributed by atoms with Gasteiger partial charge in [-0.2, -0.15) is 0 Å². The van der Waals surface area contributed by atoms with Crippen LogP contribution in [-0.2, 0) is 0 Å². The zero-order valence-corrected chi connectivity index (χ0v) is 28.3. The van der Waals surface area contributed by atoms with E-state index in [1.165, 1.54) is 81.4 Å². The number of anilines is 3. The van der Waals surface area contributed by atoms with E-state index in [4.69, 9.17) is 0 Å². The molecule has 0 amide bonds. The van der Waals surface area contributed by atoms with Crippen LogP contribution in [0.4, 0.5) is 17.1 Å². The van der Waals surface area contributed by atoms with Crippen LogP contribution in [0.25, 0.3) is 44.5 Å². The van der Waals surface area contributed by atoms with E-state index in [1.54, 1.807) is 0 Å². The lowest BCUT2D eigenvalue weighted by atomic mass is 9.83. The number of benzene rings is 7. The molecule has 0 spiro atoms. The second kappa shape index (κ2) is 13.3. The highest BCUT2D eigenvalue weighted by molar-refractivity contribution is 5.80. The molecule has 2 saturated carbocycles. The lowest BCUT2D eigenvalue weighted by Crippen LogP contribution is -2.11. The molecule has 1 nitrogen and oxygen atoms in total. The standard InChI is InChI=1S/C49H41N/c1-3-7-36(8-4-1)38-13-17-40(18-14-38)42-21-27-46(28-22-42)50(48-31-25-44(26-32-48)49-34-35-11-12-45(49)33-35)47-29-23-43(24-30-47)41-19-15-39(16-20-41)37-9-5-2-6-10-37/h1-10,13-32,35,45,49H,11-12,33-34H2. The van der Waals surface area contributed by atoms with E-state index < -0.39 is 0 Å². The predicted octanol–water partition coefficient (Wildman–Crippen LogP) is 13.7. The molecule has 1 heteroatoms. The molecule has 0 radical (unpaired) electrons. The summed E-state index contributed by atoms with van der Waals surface area (Å²) in [7, 11) is 0. The number of hydrogen-bond acceptors (Lipinski definition) is 1. The molecule has 0 aliphatic heterocycles. The van der Waals surface area contributed by atoms with Gasteiger partial charge < -0.3 is 4.90 Å². The third kappa shape index (κ3) is 6.05. The molecule has 3 atom stereocenters.